The molecule has 25 heavy (non-hydrogen) atoms. The Morgan fingerprint density at radius 3 is 2.64 bits per heavy atom. The third-order valence-electron chi connectivity index (χ3n) is 4.09. The second kappa shape index (κ2) is 7.91. The summed E-state index contributed by atoms with van der Waals surface area (Å²) in [6.07, 6.45) is 2.38. The molecule has 1 fully saturated rings. The number of carbonyl (C=O) groups excluding carboxylic acids is 1. The van der Waals surface area contributed by atoms with E-state index in [4.69, 9.17) is 4.74 Å². The Balaban J connectivity index is 1.60. The predicted octanol–water partition coefficient (Wildman–Crippen LogP) is 3.69. The summed E-state index contributed by atoms with van der Waals surface area (Å²) in [6.45, 7) is 7.37. The molecule has 1 aromatic heterocycles. The Morgan fingerprint density at radius 2 is 2.04 bits per heavy atom. The molecule has 1 aliphatic carbocycles. The van der Waals surface area contributed by atoms with Crippen molar-refractivity contribution in [1.29, 1.82) is 0 Å². The smallest absolute Gasteiger partial charge is 0.237 e. The molecule has 1 aliphatic rings. The summed E-state index contributed by atoms with van der Waals surface area (Å²) >= 11 is 1.45. The molecule has 0 bridgehead atoms. The molecule has 7 heteroatoms. The fourth-order valence-electron chi connectivity index (χ4n) is 2.58. The molecule has 0 radical (unpaired) electrons. The number of aromatic nitrogens is 3. The van der Waals surface area contributed by atoms with Crippen LogP contribution < -0.4 is 10.1 Å². The summed E-state index contributed by atoms with van der Waals surface area (Å²) in [4.78, 5) is 12.5. The van der Waals surface area contributed by atoms with E-state index in [1.807, 2.05) is 38.1 Å². The number of hydrogen-bond acceptors (Lipinski definition) is 5. The molecule has 2 aromatic rings. The molecule has 0 saturated heterocycles. The van der Waals surface area contributed by atoms with E-state index in [0.717, 1.165) is 29.0 Å². The lowest BCUT2D eigenvalue weighted by Gasteiger charge is -2.13. The standard InChI is InChI=1S/C18H24N4O2S/c1-4-22-16(13-6-7-13)20-21-18(22)25-12(3)17(23)19-14-8-10-15(11-9-14)24-5-2/h8-13H,4-7H2,1-3H3,(H,19,23)/t12-/m1/s1. The van der Waals surface area contributed by atoms with E-state index in [0.29, 0.717) is 12.5 Å². The van der Waals surface area contributed by atoms with Crippen LogP contribution in [0.3, 0.4) is 0 Å². The molecular formula is C18H24N4O2S. The first kappa shape index (κ1) is 17.8. The van der Waals surface area contributed by atoms with Gasteiger partial charge in [0, 0.05) is 18.2 Å². The highest BCUT2D eigenvalue weighted by atomic mass is 32.2. The number of amides is 1. The van der Waals surface area contributed by atoms with Gasteiger partial charge in [0.15, 0.2) is 5.16 Å². The Kier molecular flexibility index (Phi) is 5.63. The first-order valence-electron chi connectivity index (χ1n) is 8.75. The van der Waals surface area contributed by atoms with Crippen LogP contribution in [0.25, 0.3) is 0 Å². The number of nitrogens with one attached hydrogen (secondary N) is 1. The van der Waals surface area contributed by atoms with E-state index in [1.165, 1.54) is 24.6 Å². The fraction of sp³-hybridized carbons (Fsp3) is 0.500. The Hall–Kier alpha value is -2.02. The van der Waals surface area contributed by atoms with E-state index >= 15 is 0 Å². The summed E-state index contributed by atoms with van der Waals surface area (Å²) in [7, 11) is 0. The molecule has 134 valence electrons. The second-order valence-electron chi connectivity index (χ2n) is 6.07. The molecule has 1 amide bonds. The summed E-state index contributed by atoms with van der Waals surface area (Å²) in [5, 5.41) is 12.1. The lowest BCUT2D eigenvalue weighted by Crippen LogP contribution is -2.23. The number of nitrogens with zero attached hydrogens (tertiary/aromatic N) is 3. The normalized spacial score (nSPS) is 15.0. The summed E-state index contributed by atoms with van der Waals surface area (Å²) in [5.74, 6) is 2.36. The van der Waals surface area contributed by atoms with Gasteiger partial charge in [0.2, 0.25) is 5.91 Å². The zero-order chi connectivity index (χ0) is 17.8. The van der Waals surface area contributed by atoms with Gasteiger partial charge in [-0.3, -0.25) is 4.79 Å². The van der Waals surface area contributed by atoms with Crippen molar-refractivity contribution >= 4 is 23.4 Å². The lowest BCUT2D eigenvalue weighted by molar-refractivity contribution is -0.115. The van der Waals surface area contributed by atoms with Gasteiger partial charge in [0.25, 0.3) is 0 Å². The quantitative estimate of drug-likeness (QED) is 0.727. The van der Waals surface area contributed by atoms with Crippen molar-refractivity contribution in [1.82, 2.24) is 14.8 Å². The number of benzene rings is 1. The largest absolute Gasteiger partial charge is 0.494 e. The van der Waals surface area contributed by atoms with Gasteiger partial charge in [0.05, 0.1) is 11.9 Å². The highest BCUT2D eigenvalue weighted by Crippen LogP contribution is 2.40. The molecule has 3 rings (SSSR count). The topological polar surface area (TPSA) is 69.0 Å². The number of ether oxygens (including phenoxy) is 1. The summed E-state index contributed by atoms with van der Waals surface area (Å²) < 4.78 is 7.54. The van der Waals surface area contributed by atoms with Gasteiger partial charge in [0.1, 0.15) is 11.6 Å². The first-order valence-corrected chi connectivity index (χ1v) is 9.63. The van der Waals surface area contributed by atoms with Crippen LogP contribution in [0.5, 0.6) is 5.75 Å². The zero-order valence-corrected chi connectivity index (χ0v) is 15.7. The number of anilines is 1. The van der Waals surface area contributed by atoms with Crippen molar-refractivity contribution in [3.8, 4) is 5.75 Å². The fourth-order valence-corrected chi connectivity index (χ4v) is 3.50. The average molecular weight is 360 g/mol. The van der Waals surface area contributed by atoms with E-state index in [-0.39, 0.29) is 11.2 Å². The zero-order valence-electron chi connectivity index (χ0n) is 14.9. The predicted molar refractivity (Wildman–Crippen MR) is 99.2 cm³/mol. The Labute approximate surface area is 152 Å². The molecule has 1 saturated carbocycles. The second-order valence-corrected chi connectivity index (χ2v) is 7.37. The van der Waals surface area contributed by atoms with Gasteiger partial charge in [-0.15, -0.1) is 10.2 Å². The first-order chi connectivity index (χ1) is 12.1. The summed E-state index contributed by atoms with van der Waals surface area (Å²) in [5.41, 5.74) is 0.761. The van der Waals surface area contributed by atoms with Crippen molar-refractivity contribution in [2.75, 3.05) is 11.9 Å². The third kappa shape index (κ3) is 4.34. The van der Waals surface area contributed by atoms with Gasteiger partial charge < -0.3 is 14.6 Å². The van der Waals surface area contributed by atoms with Crippen LogP contribution in [0.1, 0.15) is 45.4 Å². The van der Waals surface area contributed by atoms with Crippen LogP contribution in [-0.2, 0) is 11.3 Å². The number of thioether (sulfide) groups is 1. The van der Waals surface area contributed by atoms with Gasteiger partial charge in [-0.05, 0) is 57.9 Å². The van der Waals surface area contributed by atoms with E-state index < -0.39 is 0 Å². The molecule has 1 atom stereocenters. The minimum absolute atomic E-state index is 0.0483. The van der Waals surface area contributed by atoms with Gasteiger partial charge in [-0.25, -0.2) is 0 Å². The van der Waals surface area contributed by atoms with Crippen molar-refractivity contribution < 1.29 is 9.53 Å². The maximum Gasteiger partial charge on any atom is 0.237 e. The SMILES string of the molecule is CCOc1ccc(NC(=O)[C@@H](C)Sc2nnc(C3CC3)n2CC)cc1. The van der Waals surface area contributed by atoms with Crippen molar-refractivity contribution in [2.24, 2.45) is 0 Å². The van der Waals surface area contributed by atoms with Gasteiger partial charge >= 0.3 is 0 Å². The van der Waals surface area contributed by atoms with Crippen LogP contribution in [0.15, 0.2) is 29.4 Å². The molecule has 6 nitrogen and oxygen atoms in total. The summed E-state index contributed by atoms with van der Waals surface area (Å²) in [6, 6.07) is 7.40. The Morgan fingerprint density at radius 1 is 1.32 bits per heavy atom. The monoisotopic (exact) mass is 360 g/mol. The van der Waals surface area contributed by atoms with Crippen molar-refractivity contribution in [3.63, 3.8) is 0 Å². The number of hydrogen-bond donors (Lipinski definition) is 1. The molecule has 0 spiro atoms. The number of rotatable bonds is 8. The van der Waals surface area contributed by atoms with Crippen LogP contribution >= 0.6 is 11.8 Å². The molecular weight excluding hydrogens is 336 g/mol. The Bertz CT molecular complexity index is 725. The van der Waals surface area contributed by atoms with Crippen molar-refractivity contribution in [3.05, 3.63) is 30.1 Å². The van der Waals surface area contributed by atoms with Gasteiger partial charge in [-0.1, -0.05) is 11.8 Å². The lowest BCUT2D eigenvalue weighted by atomic mass is 10.3. The van der Waals surface area contributed by atoms with Crippen molar-refractivity contribution in [2.45, 2.75) is 56.5 Å². The van der Waals surface area contributed by atoms with E-state index in [9.17, 15) is 4.79 Å². The van der Waals surface area contributed by atoms with Gasteiger partial charge in [-0.2, -0.15) is 0 Å². The van der Waals surface area contributed by atoms with E-state index in [2.05, 4.69) is 27.0 Å². The maximum absolute atomic E-state index is 12.5. The molecule has 1 aromatic carbocycles. The molecule has 0 unspecified atom stereocenters. The minimum Gasteiger partial charge on any atom is -0.494 e. The van der Waals surface area contributed by atoms with Crippen LogP contribution in [0, 0.1) is 0 Å². The average Bonchev–Trinajstić information content (AvgIpc) is 3.38. The highest BCUT2D eigenvalue weighted by Gasteiger charge is 2.30. The van der Waals surface area contributed by atoms with Crippen LogP contribution in [-0.4, -0.2) is 32.5 Å². The van der Waals surface area contributed by atoms with E-state index in [1.54, 1.807) is 0 Å². The molecule has 0 aliphatic heterocycles. The third-order valence-corrected chi connectivity index (χ3v) is 5.17. The molecule has 1 heterocycles. The highest BCUT2D eigenvalue weighted by molar-refractivity contribution is 8.00. The minimum atomic E-state index is -0.256. The number of carbonyl (C=O) groups is 1. The molecule has 1 N–H and O–H groups in total. The van der Waals surface area contributed by atoms with Crippen LogP contribution in [0.2, 0.25) is 0 Å². The maximum atomic E-state index is 12.5. The van der Waals surface area contributed by atoms with Crippen LogP contribution in [0.4, 0.5) is 5.69 Å².